The highest BCUT2D eigenvalue weighted by Crippen LogP contribution is 2.07. The van der Waals surface area contributed by atoms with Gasteiger partial charge in [0.15, 0.2) is 0 Å². The molecule has 1 heterocycles. The van der Waals surface area contributed by atoms with Gasteiger partial charge in [-0.15, -0.1) is 0 Å². The van der Waals surface area contributed by atoms with Gasteiger partial charge in [-0.25, -0.2) is 4.79 Å². The second-order valence-electron chi connectivity index (χ2n) is 3.08. The highest BCUT2D eigenvalue weighted by Gasteiger charge is 1.97. The van der Waals surface area contributed by atoms with Crippen LogP contribution in [0.25, 0.3) is 0 Å². The summed E-state index contributed by atoms with van der Waals surface area (Å²) in [6, 6.07) is 11.1. The predicted molar refractivity (Wildman–Crippen MR) is 65.1 cm³/mol. The predicted octanol–water partition coefficient (Wildman–Crippen LogP) is 2.80. The lowest BCUT2D eigenvalue weighted by Crippen LogP contribution is -2.02. The quantitative estimate of drug-likeness (QED) is 0.692. The maximum Gasteiger partial charge on any atom is 0.351 e. The first-order valence-corrected chi connectivity index (χ1v) is 5.40. The van der Waals surface area contributed by atoms with Crippen molar-refractivity contribution in [3.8, 4) is 11.8 Å². The average Bonchev–Trinajstić information content (AvgIpc) is 2.32. The van der Waals surface area contributed by atoms with Crippen LogP contribution in [0.2, 0.25) is 0 Å². The highest BCUT2D eigenvalue weighted by atomic mass is 79.9. The first-order chi connectivity index (χ1) is 7.75. The largest absolute Gasteiger partial charge is 0.429 e. The first-order valence-electron chi connectivity index (χ1n) is 4.61. The van der Waals surface area contributed by atoms with E-state index in [2.05, 4.69) is 27.8 Å². The van der Waals surface area contributed by atoms with E-state index < -0.39 is 5.63 Å². The van der Waals surface area contributed by atoms with E-state index in [1.165, 1.54) is 6.26 Å². The molecule has 0 radical (unpaired) electrons. The zero-order chi connectivity index (χ0) is 11.4. The lowest BCUT2D eigenvalue weighted by atomic mass is 10.2. The normalized spacial score (nSPS) is 9.31. The Bertz CT molecular complexity index is 603. The smallest absolute Gasteiger partial charge is 0.351 e. The summed E-state index contributed by atoms with van der Waals surface area (Å²) in [4.78, 5) is 11.3. The second kappa shape index (κ2) is 4.82. The van der Waals surface area contributed by atoms with E-state index >= 15 is 0 Å². The van der Waals surface area contributed by atoms with Gasteiger partial charge in [0.2, 0.25) is 0 Å². The van der Waals surface area contributed by atoms with Crippen molar-refractivity contribution in [1.82, 2.24) is 0 Å². The molecule has 0 bridgehead atoms. The molecule has 0 aliphatic heterocycles. The van der Waals surface area contributed by atoms with E-state index in [0.717, 1.165) is 5.56 Å². The monoisotopic (exact) mass is 274 g/mol. The molecule has 0 amide bonds. The van der Waals surface area contributed by atoms with Crippen LogP contribution in [0.15, 0.2) is 56.3 Å². The molecule has 0 spiro atoms. The number of hydrogen-bond acceptors (Lipinski definition) is 2. The third-order valence-corrected chi connectivity index (χ3v) is 2.31. The van der Waals surface area contributed by atoms with Crippen LogP contribution in [0.5, 0.6) is 0 Å². The van der Waals surface area contributed by atoms with Crippen LogP contribution in [0, 0.1) is 11.8 Å². The van der Waals surface area contributed by atoms with E-state index in [-0.39, 0.29) is 0 Å². The summed E-state index contributed by atoms with van der Waals surface area (Å²) in [5, 5.41) is 0. The third kappa shape index (κ3) is 2.62. The molecule has 0 saturated heterocycles. The molecule has 1 aromatic carbocycles. The van der Waals surface area contributed by atoms with Crippen LogP contribution in [0.3, 0.4) is 0 Å². The standard InChI is InChI=1S/C13H7BrO2/c14-12-8-11(13(15)16-9-12)7-6-10-4-2-1-3-5-10/h1-5,8-9H. The fraction of sp³-hybridized carbons (Fsp3) is 0. The van der Waals surface area contributed by atoms with Crippen LogP contribution < -0.4 is 5.63 Å². The minimum atomic E-state index is -0.424. The molecule has 0 N–H and O–H groups in total. The molecule has 2 nitrogen and oxygen atoms in total. The highest BCUT2D eigenvalue weighted by molar-refractivity contribution is 9.10. The summed E-state index contributed by atoms with van der Waals surface area (Å²) >= 11 is 3.22. The van der Waals surface area contributed by atoms with Gasteiger partial charge in [0.05, 0.1) is 4.47 Å². The molecule has 0 atom stereocenters. The van der Waals surface area contributed by atoms with Crippen molar-refractivity contribution in [3.05, 3.63) is 68.7 Å². The van der Waals surface area contributed by atoms with E-state index in [0.29, 0.717) is 10.0 Å². The van der Waals surface area contributed by atoms with E-state index in [9.17, 15) is 4.79 Å². The van der Waals surface area contributed by atoms with E-state index in [4.69, 9.17) is 4.42 Å². The zero-order valence-corrected chi connectivity index (χ0v) is 9.82. The van der Waals surface area contributed by atoms with E-state index in [1.807, 2.05) is 30.3 Å². The Morgan fingerprint density at radius 2 is 1.88 bits per heavy atom. The summed E-state index contributed by atoms with van der Waals surface area (Å²) in [5.74, 6) is 5.68. The van der Waals surface area contributed by atoms with Crippen molar-refractivity contribution in [2.24, 2.45) is 0 Å². The van der Waals surface area contributed by atoms with Gasteiger partial charge in [-0.2, -0.15) is 0 Å². The molecular weight excluding hydrogens is 268 g/mol. The van der Waals surface area contributed by atoms with Gasteiger partial charge in [0, 0.05) is 5.56 Å². The van der Waals surface area contributed by atoms with Gasteiger partial charge < -0.3 is 4.42 Å². The lowest BCUT2D eigenvalue weighted by Gasteiger charge is -1.90. The maximum absolute atomic E-state index is 11.3. The van der Waals surface area contributed by atoms with Gasteiger partial charge in [-0.1, -0.05) is 30.0 Å². The van der Waals surface area contributed by atoms with Gasteiger partial charge in [-0.05, 0) is 34.1 Å². The Morgan fingerprint density at radius 3 is 2.62 bits per heavy atom. The maximum atomic E-state index is 11.3. The lowest BCUT2D eigenvalue weighted by molar-refractivity contribution is 0.505. The Labute approximate surface area is 101 Å². The fourth-order valence-corrected chi connectivity index (χ4v) is 1.47. The van der Waals surface area contributed by atoms with Crippen molar-refractivity contribution in [2.45, 2.75) is 0 Å². The molecule has 16 heavy (non-hydrogen) atoms. The molecule has 0 aliphatic rings. The minimum Gasteiger partial charge on any atom is -0.429 e. The Kier molecular flexibility index (Phi) is 3.23. The van der Waals surface area contributed by atoms with Crippen LogP contribution in [-0.2, 0) is 0 Å². The zero-order valence-electron chi connectivity index (χ0n) is 8.24. The molecule has 0 aliphatic carbocycles. The van der Waals surface area contributed by atoms with Crippen molar-refractivity contribution in [1.29, 1.82) is 0 Å². The molecule has 0 unspecified atom stereocenters. The molecule has 0 fully saturated rings. The molecule has 0 saturated carbocycles. The number of hydrogen-bond donors (Lipinski definition) is 0. The van der Waals surface area contributed by atoms with Crippen LogP contribution in [-0.4, -0.2) is 0 Å². The Balaban J connectivity index is 2.38. The van der Waals surface area contributed by atoms with Gasteiger partial charge in [0.25, 0.3) is 0 Å². The summed E-state index contributed by atoms with van der Waals surface area (Å²) in [7, 11) is 0. The fourth-order valence-electron chi connectivity index (χ4n) is 1.15. The minimum absolute atomic E-state index is 0.346. The Hall–Kier alpha value is -1.79. The molecular formula is C13H7BrO2. The average molecular weight is 275 g/mol. The van der Waals surface area contributed by atoms with Crippen molar-refractivity contribution in [3.63, 3.8) is 0 Å². The number of halogens is 1. The van der Waals surface area contributed by atoms with Crippen LogP contribution >= 0.6 is 15.9 Å². The molecule has 2 rings (SSSR count). The van der Waals surface area contributed by atoms with Gasteiger partial charge >= 0.3 is 5.63 Å². The number of benzene rings is 1. The van der Waals surface area contributed by atoms with Crippen molar-refractivity contribution in [2.75, 3.05) is 0 Å². The molecule has 78 valence electrons. The SMILES string of the molecule is O=c1occ(Br)cc1C#Cc1ccccc1. The molecule has 1 aromatic heterocycles. The van der Waals surface area contributed by atoms with Crippen LogP contribution in [0.4, 0.5) is 0 Å². The Morgan fingerprint density at radius 1 is 1.12 bits per heavy atom. The van der Waals surface area contributed by atoms with Crippen molar-refractivity contribution < 1.29 is 4.42 Å². The van der Waals surface area contributed by atoms with Crippen LogP contribution in [0.1, 0.15) is 11.1 Å². The molecule has 2 aromatic rings. The first kappa shape index (κ1) is 10.7. The summed E-state index contributed by atoms with van der Waals surface area (Å²) in [5.41, 5.74) is 0.784. The third-order valence-electron chi connectivity index (χ3n) is 1.90. The van der Waals surface area contributed by atoms with Crippen molar-refractivity contribution >= 4 is 15.9 Å². The summed E-state index contributed by atoms with van der Waals surface area (Å²) < 4.78 is 5.47. The molecule has 3 heteroatoms. The van der Waals surface area contributed by atoms with Gasteiger partial charge in [-0.3, -0.25) is 0 Å². The second-order valence-corrected chi connectivity index (χ2v) is 4.00. The van der Waals surface area contributed by atoms with E-state index in [1.54, 1.807) is 6.07 Å². The van der Waals surface area contributed by atoms with Gasteiger partial charge in [0.1, 0.15) is 11.8 Å². The summed E-state index contributed by atoms with van der Waals surface area (Å²) in [6.07, 6.45) is 1.34. The topological polar surface area (TPSA) is 30.2 Å². The summed E-state index contributed by atoms with van der Waals surface area (Å²) in [6.45, 7) is 0. The number of rotatable bonds is 0.